The van der Waals surface area contributed by atoms with Crippen LogP contribution in [0.5, 0.6) is 0 Å². The molecule has 0 radical (unpaired) electrons. The highest BCUT2D eigenvalue weighted by molar-refractivity contribution is 6.16. The molecule has 1 aromatic heterocycles. The molecular formula is C10H10ClNO. The zero-order chi connectivity index (χ0) is 9.26. The van der Waals surface area contributed by atoms with E-state index in [1.54, 1.807) is 0 Å². The van der Waals surface area contributed by atoms with E-state index in [1.165, 1.54) is 12.0 Å². The fraction of sp³-hybridized carbons (Fsp3) is 0.500. The second-order valence-electron chi connectivity index (χ2n) is 3.26. The lowest BCUT2D eigenvalue weighted by molar-refractivity contribution is 0.511. The maximum atomic E-state index is 8.82. The Morgan fingerprint density at radius 2 is 2.00 bits per heavy atom. The normalized spacial score (nSPS) is 15.1. The Morgan fingerprint density at radius 1 is 1.31 bits per heavy atom. The van der Waals surface area contributed by atoms with Crippen LogP contribution in [0.3, 0.4) is 0 Å². The molecule has 1 aliphatic rings. The molecule has 0 unspecified atom stereocenters. The highest BCUT2D eigenvalue weighted by atomic mass is 35.5. The van der Waals surface area contributed by atoms with Crippen LogP contribution in [-0.4, -0.2) is 0 Å². The van der Waals surface area contributed by atoms with Crippen LogP contribution in [0.1, 0.15) is 35.5 Å². The van der Waals surface area contributed by atoms with Crippen LogP contribution < -0.4 is 0 Å². The van der Waals surface area contributed by atoms with Gasteiger partial charge >= 0.3 is 0 Å². The van der Waals surface area contributed by atoms with Crippen molar-refractivity contribution in [3.63, 3.8) is 0 Å². The number of nitrogens with zero attached hydrogens (tertiary/aromatic N) is 1. The number of hydrogen-bond donors (Lipinski definition) is 0. The first-order chi connectivity index (χ1) is 6.36. The summed E-state index contributed by atoms with van der Waals surface area (Å²) in [4.78, 5) is 0. The monoisotopic (exact) mass is 195 g/mol. The first kappa shape index (κ1) is 8.65. The minimum absolute atomic E-state index is 0.379. The maximum absolute atomic E-state index is 8.82. The largest absolute Gasteiger partial charge is 0.449 e. The van der Waals surface area contributed by atoms with Gasteiger partial charge < -0.3 is 4.42 Å². The third-order valence-corrected chi connectivity index (χ3v) is 2.77. The minimum atomic E-state index is 0.379. The molecule has 0 aromatic carbocycles. The van der Waals surface area contributed by atoms with Crippen LogP contribution in [0, 0.1) is 11.3 Å². The van der Waals surface area contributed by atoms with E-state index in [4.69, 9.17) is 21.3 Å². The van der Waals surface area contributed by atoms with Crippen LogP contribution in [0.4, 0.5) is 0 Å². The van der Waals surface area contributed by atoms with Crippen molar-refractivity contribution in [2.24, 2.45) is 0 Å². The number of furan rings is 1. The zero-order valence-corrected chi connectivity index (χ0v) is 8.02. The number of alkyl halides is 1. The highest BCUT2D eigenvalue weighted by Gasteiger charge is 2.21. The van der Waals surface area contributed by atoms with Crippen molar-refractivity contribution >= 4 is 11.6 Å². The molecule has 0 atom stereocenters. The first-order valence-corrected chi connectivity index (χ1v) is 4.99. The van der Waals surface area contributed by atoms with Crippen molar-refractivity contribution in [1.29, 1.82) is 5.26 Å². The Labute approximate surface area is 82.1 Å². The number of hydrogen-bond acceptors (Lipinski definition) is 2. The second-order valence-corrected chi connectivity index (χ2v) is 3.53. The quantitative estimate of drug-likeness (QED) is 0.647. The summed E-state index contributed by atoms with van der Waals surface area (Å²) >= 11 is 5.73. The van der Waals surface area contributed by atoms with Crippen molar-refractivity contribution in [1.82, 2.24) is 0 Å². The van der Waals surface area contributed by atoms with E-state index in [2.05, 4.69) is 6.07 Å². The minimum Gasteiger partial charge on any atom is -0.449 e. The van der Waals surface area contributed by atoms with Gasteiger partial charge in [0, 0.05) is 5.56 Å². The van der Waals surface area contributed by atoms with Gasteiger partial charge in [-0.2, -0.15) is 5.26 Å². The molecule has 2 nitrogen and oxygen atoms in total. The van der Waals surface area contributed by atoms with E-state index in [-0.39, 0.29) is 0 Å². The molecular weight excluding hydrogens is 186 g/mol. The summed E-state index contributed by atoms with van der Waals surface area (Å²) < 4.78 is 5.37. The number of nitriles is 1. The molecule has 0 bridgehead atoms. The lowest BCUT2D eigenvalue weighted by atomic mass is 9.92. The van der Waals surface area contributed by atoms with Crippen molar-refractivity contribution in [2.45, 2.75) is 31.6 Å². The smallest absolute Gasteiger partial charge is 0.207 e. The van der Waals surface area contributed by atoms with Gasteiger partial charge in [0.05, 0.1) is 5.88 Å². The highest BCUT2D eigenvalue weighted by Crippen LogP contribution is 2.30. The molecule has 1 aromatic rings. The van der Waals surface area contributed by atoms with Crippen LogP contribution >= 0.6 is 11.6 Å². The Morgan fingerprint density at radius 3 is 2.62 bits per heavy atom. The number of fused-ring (bicyclic) bond motifs is 1. The summed E-state index contributed by atoms with van der Waals surface area (Å²) in [6.45, 7) is 0. The van der Waals surface area contributed by atoms with E-state index in [0.717, 1.165) is 30.6 Å². The average molecular weight is 196 g/mol. The Hall–Kier alpha value is -0.940. The lowest BCUT2D eigenvalue weighted by Gasteiger charge is -2.10. The lowest BCUT2D eigenvalue weighted by Crippen LogP contribution is -2.01. The van der Waals surface area contributed by atoms with Gasteiger partial charge in [-0.3, -0.25) is 0 Å². The van der Waals surface area contributed by atoms with Gasteiger partial charge in [-0.25, -0.2) is 0 Å². The third kappa shape index (κ3) is 1.34. The molecule has 1 aliphatic carbocycles. The zero-order valence-electron chi connectivity index (χ0n) is 7.27. The van der Waals surface area contributed by atoms with Crippen molar-refractivity contribution in [3.05, 3.63) is 22.6 Å². The van der Waals surface area contributed by atoms with Crippen molar-refractivity contribution in [3.8, 4) is 6.07 Å². The van der Waals surface area contributed by atoms with Crippen LogP contribution in [0.15, 0.2) is 4.42 Å². The predicted octanol–water partition coefficient (Wildman–Crippen LogP) is 2.77. The molecule has 1 heterocycles. The fourth-order valence-electron chi connectivity index (χ4n) is 1.91. The Balaban J connectivity index is 2.52. The van der Waals surface area contributed by atoms with E-state index < -0.39 is 0 Å². The summed E-state index contributed by atoms with van der Waals surface area (Å²) in [6, 6.07) is 2.08. The average Bonchev–Trinajstić information content (AvgIpc) is 2.56. The molecule has 0 aliphatic heterocycles. The number of halogens is 1. The Kier molecular flexibility index (Phi) is 2.28. The SMILES string of the molecule is N#Cc1oc(CCl)c2c1CCCC2. The van der Waals surface area contributed by atoms with Gasteiger partial charge in [0.25, 0.3) is 0 Å². The molecule has 13 heavy (non-hydrogen) atoms. The van der Waals surface area contributed by atoms with Crippen LogP contribution in [0.25, 0.3) is 0 Å². The summed E-state index contributed by atoms with van der Waals surface area (Å²) in [5, 5.41) is 8.82. The summed E-state index contributed by atoms with van der Waals surface area (Å²) in [5.41, 5.74) is 2.29. The molecule has 68 valence electrons. The summed E-state index contributed by atoms with van der Waals surface area (Å²) in [5.74, 6) is 1.66. The molecule has 0 saturated carbocycles. The number of rotatable bonds is 1. The van der Waals surface area contributed by atoms with Gasteiger partial charge in [0.1, 0.15) is 11.8 Å². The van der Waals surface area contributed by atoms with Crippen LogP contribution in [0.2, 0.25) is 0 Å². The summed E-state index contributed by atoms with van der Waals surface area (Å²) in [6.07, 6.45) is 4.32. The molecule has 0 amide bonds. The van der Waals surface area contributed by atoms with Crippen LogP contribution in [-0.2, 0) is 18.7 Å². The third-order valence-electron chi connectivity index (χ3n) is 2.53. The molecule has 0 N–H and O–H groups in total. The fourth-order valence-corrected chi connectivity index (χ4v) is 2.12. The second kappa shape index (κ2) is 3.43. The standard InChI is InChI=1S/C10H10ClNO/c11-5-9-7-3-1-2-4-8(7)10(6-12)13-9/h1-5H2. The van der Waals surface area contributed by atoms with E-state index in [9.17, 15) is 0 Å². The Bertz CT molecular complexity index is 362. The van der Waals surface area contributed by atoms with Gasteiger partial charge in [-0.15, -0.1) is 11.6 Å². The van der Waals surface area contributed by atoms with Gasteiger partial charge in [-0.1, -0.05) is 0 Å². The van der Waals surface area contributed by atoms with Crippen molar-refractivity contribution < 1.29 is 4.42 Å². The van der Waals surface area contributed by atoms with Crippen molar-refractivity contribution in [2.75, 3.05) is 0 Å². The predicted molar refractivity (Wildman–Crippen MR) is 49.6 cm³/mol. The first-order valence-electron chi connectivity index (χ1n) is 4.46. The van der Waals surface area contributed by atoms with E-state index >= 15 is 0 Å². The van der Waals surface area contributed by atoms with E-state index in [0.29, 0.717) is 11.6 Å². The molecule has 2 rings (SSSR count). The summed E-state index contributed by atoms with van der Waals surface area (Å²) in [7, 11) is 0. The molecule has 0 fully saturated rings. The van der Waals surface area contributed by atoms with Gasteiger partial charge in [0.2, 0.25) is 5.76 Å². The topological polar surface area (TPSA) is 36.9 Å². The maximum Gasteiger partial charge on any atom is 0.207 e. The van der Waals surface area contributed by atoms with E-state index in [1.807, 2.05) is 0 Å². The molecule has 0 saturated heterocycles. The van der Waals surface area contributed by atoms with Gasteiger partial charge in [-0.05, 0) is 31.2 Å². The molecule has 0 spiro atoms. The van der Waals surface area contributed by atoms with Gasteiger partial charge in [0.15, 0.2) is 0 Å². The molecule has 3 heteroatoms.